The molecule has 0 fully saturated rings. The number of anilines is 1. The second-order valence-corrected chi connectivity index (χ2v) is 7.32. The van der Waals surface area contributed by atoms with Crippen molar-refractivity contribution >= 4 is 22.4 Å². The number of amides is 1. The Bertz CT molecular complexity index is 893. The highest BCUT2D eigenvalue weighted by Crippen LogP contribution is 2.30. The molecule has 0 aliphatic heterocycles. The van der Waals surface area contributed by atoms with E-state index in [4.69, 9.17) is 0 Å². The minimum atomic E-state index is -0.193. The van der Waals surface area contributed by atoms with Crippen LogP contribution in [-0.2, 0) is 13.5 Å². The average Bonchev–Trinajstić information content (AvgIpc) is 3.10. The van der Waals surface area contributed by atoms with Crippen LogP contribution in [0, 0.1) is 13.8 Å². The van der Waals surface area contributed by atoms with Crippen LogP contribution in [-0.4, -0.2) is 20.7 Å². The Morgan fingerprint density at radius 1 is 1.24 bits per heavy atom. The molecule has 1 amide bonds. The molecule has 2 heterocycles. The van der Waals surface area contributed by atoms with Gasteiger partial charge in [-0.3, -0.25) is 14.8 Å². The first-order chi connectivity index (χ1) is 12.0. The molecule has 1 aromatic carbocycles. The number of hydrogen-bond donors (Lipinski definition) is 1. The highest BCUT2D eigenvalue weighted by molar-refractivity contribution is 7.16. The molecule has 3 aromatic rings. The van der Waals surface area contributed by atoms with Gasteiger partial charge in [0.25, 0.3) is 5.91 Å². The molecule has 0 atom stereocenters. The van der Waals surface area contributed by atoms with Gasteiger partial charge in [0.2, 0.25) is 0 Å². The smallest absolute Gasteiger partial charge is 0.275 e. The third-order valence-electron chi connectivity index (χ3n) is 4.02. The SMILES string of the molecule is CCCc1ccc(-c2nc(NC(=O)c3cc(C)nn3C)sc2C)cc1. The zero-order valence-electron chi connectivity index (χ0n) is 15.0. The molecule has 0 saturated carbocycles. The summed E-state index contributed by atoms with van der Waals surface area (Å²) >= 11 is 1.49. The van der Waals surface area contributed by atoms with Gasteiger partial charge in [0, 0.05) is 17.5 Å². The number of aromatic nitrogens is 3. The summed E-state index contributed by atoms with van der Waals surface area (Å²) in [7, 11) is 1.76. The van der Waals surface area contributed by atoms with Gasteiger partial charge in [0.15, 0.2) is 5.13 Å². The van der Waals surface area contributed by atoms with E-state index in [2.05, 4.69) is 46.6 Å². The number of carbonyl (C=O) groups excluding carboxylic acids is 1. The molecule has 1 N–H and O–H groups in total. The predicted octanol–water partition coefficient (Wildman–Crippen LogP) is 4.37. The molecule has 0 unspecified atom stereocenters. The molecule has 130 valence electrons. The number of thiazole rings is 1. The second-order valence-electron chi connectivity index (χ2n) is 6.12. The Morgan fingerprint density at radius 3 is 2.56 bits per heavy atom. The van der Waals surface area contributed by atoms with Crippen molar-refractivity contribution in [3.05, 3.63) is 52.2 Å². The Morgan fingerprint density at radius 2 is 1.96 bits per heavy atom. The van der Waals surface area contributed by atoms with E-state index in [1.807, 2.05) is 13.8 Å². The van der Waals surface area contributed by atoms with Crippen LogP contribution in [0.2, 0.25) is 0 Å². The van der Waals surface area contributed by atoms with Gasteiger partial charge in [-0.15, -0.1) is 11.3 Å². The molecule has 3 rings (SSSR count). The van der Waals surface area contributed by atoms with Gasteiger partial charge in [0.05, 0.1) is 11.4 Å². The van der Waals surface area contributed by atoms with Gasteiger partial charge in [-0.1, -0.05) is 37.6 Å². The number of rotatable bonds is 5. The van der Waals surface area contributed by atoms with Crippen molar-refractivity contribution < 1.29 is 4.79 Å². The van der Waals surface area contributed by atoms with Gasteiger partial charge < -0.3 is 0 Å². The molecule has 0 aliphatic carbocycles. The van der Waals surface area contributed by atoms with E-state index in [1.165, 1.54) is 16.9 Å². The lowest BCUT2D eigenvalue weighted by molar-refractivity contribution is 0.101. The summed E-state index contributed by atoms with van der Waals surface area (Å²) in [5.41, 5.74) is 4.67. The van der Waals surface area contributed by atoms with Gasteiger partial charge >= 0.3 is 0 Å². The van der Waals surface area contributed by atoms with Crippen molar-refractivity contribution in [2.75, 3.05) is 5.32 Å². The summed E-state index contributed by atoms with van der Waals surface area (Å²) in [6.45, 7) is 6.07. The highest BCUT2D eigenvalue weighted by atomic mass is 32.1. The maximum atomic E-state index is 12.4. The number of aryl methyl sites for hydroxylation is 4. The van der Waals surface area contributed by atoms with Crippen molar-refractivity contribution in [3.63, 3.8) is 0 Å². The standard InChI is InChI=1S/C19H22N4OS/c1-5-6-14-7-9-15(10-8-14)17-13(3)25-19(20-17)21-18(24)16-11-12(2)22-23(16)4/h7-11H,5-6H2,1-4H3,(H,20,21,24). The summed E-state index contributed by atoms with van der Waals surface area (Å²) in [4.78, 5) is 18.1. The first-order valence-corrected chi connectivity index (χ1v) is 9.18. The van der Waals surface area contributed by atoms with Gasteiger partial charge in [-0.25, -0.2) is 4.98 Å². The fourth-order valence-corrected chi connectivity index (χ4v) is 3.65. The molecular weight excluding hydrogens is 332 g/mol. The first-order valence-electron chi connectivity index (χ1n) is 8.36. The van der Waals surface area contributed by atoms with Crippen molar-refractivity contribution in [1.29, 1.82) is 0 Å². The minimum absolute atomic E-state index is 0.193. The molecular formula is C19H22N4OS. The van der Waals surface area contributed by atoms with E-state index >= 15 is 0 Å². The zero-order valence-corrected chi connectivity index (χ0v) is 15.8. The van der Waals surface area contributed by atoms with E-state index < -0.39 is 0 Å². The van der Waals surface area contributed by atoms with Crippen molar-refractivity contribution in [2.24, 2.45) is 7.05 Å². The normalized spacial score (nSPS) is 10.9. The van der Waals surface area contributed by atoms with Crippen LogP contribution < -0.4 is 5.32 Å². The third kappa shape index (κ3) is 3.79. The first kappa shape index (κ1) is 17.4. The van der Waals surface area contributed by atoms with Crippen LogP contribution in [0.25, 0.3) is 11.3 Å². The average molecular weight is 354 g/mol. The number of benzene rings is 1. The van der Waals surface area contributed by atoms with Crippen LogP contribution >= 0.6 is 11.3 Å². The Labute approximate surface area is 151 Å². The van der Waals surface area contributed by atoms with Gasteiger partial charge in [-0.2, -0.15) is 5.10 Å². The van der Waals surface area contributed by atoms with Crippen molar-refractivity contribution in [1.82, 2.24) is 14.8 Å². The number of hydrogen-bond acceptors (Lipinski definition) is 4. The highest BCUT2D eigenvalue weighted by Gasteiger charge is 2.16. The monoisotopic (exact) mass is 354 g/mol. The quantitative estimate of drug-likeness (QED) is 0.740. The number of carbonyl (C=O) groups is 1. The molecule has 0 spiro atoms. The van der Waals surface area contributed by atoms with E-state index in [9.17, 15) is 4.79 Å². The van der Waals surface area contributed by atoms with Gasteiger partial charge in [0.1, 0.15) is 5.69 Å². The molecule has 0 bridgehead atoms. The minimum Gasteiger partial charge on any atom is -0.296 e. The maximum Gasteiger partial charge on any atom is 0.275 e. The third-order valence-corrected chi connectivity index (χ3v) is 4.90. The lowest BCUT2D eigenvalue weighted by atomic mass is 10.1. The van der Waals surface area contributed by atoms with E-state index in [0.717, 1.165) is 34.7 Å². The summed E-state index contributed by atoms with van der Waals surface area (Å²) in [5.74, 6) is -0.193. The maximum absolute atomic E-state index is 12.4. The lowest BCUT2D eigenvalue weighted by Gasteiger charge is -2.02. The Balaban J connectivity index is 1.80. The summed E-state index contributed by atoms with van der Waals surface area (Å²) < 4.78 is 1.58. The van der Waals surface area contributed by atoms with Crippen LogP contribution in [0.15, 0.2) is 30.3 Å². The van der Waals surface area contributed by atoms with Crippen LogP contribution in [0.1, 0.15) is 40.0 Å². The molecule has 2 aromatic heterocycles. The topological polar surface area (TPSA) is 59.8 Å². The van der Waals surface area contributed by atoms with Crippen LogP contribution in [0.4, 0.5) is 5.13 Å². The molecule has 0 radical (unpaired) electrons. The van der Waals surface area contributed by atoms with E-state index in [0.29, 0.717) is 10.8 Å². The molecule has 25 heavy (non-hydrogen) atoms. The molecule has 6 heteroatoms. The second kappa shape index (κ2) is 7.19. The number of nitrogens with zero attached hydrogens (tertiary/aromatic N) is 3. The summed E-state index contributed by atoms with van der Waals surface area (Å²) in [5, 5.41) is 7.69. The largest absolute Gasteiger partial charge is 0.296 e. The predicted molar refractivity (Wildman–Crippen MR) is 102 cm³/mol. The van der Waals surface area contributed by atoms with E-state index in [-0.39, 0.29) is 5.91 Å². The zero-order chi connectivity index (χ0) is 18.0. The van der Waals surface area contributed by atoms with Crippen LogP contribution in [0.3, 0.4) is 0 Å². The van der Waals surface area contributed by atoms with Crippen LogP contribution in [0.5, 0.6) is 0 Å². The fraction of sp³-hybridized carbons (Fsp3) is 0.316. The van der Waals surface area contributed by atoms with Crippen molar-refractivity contribution in [2.45, 2.75) is 33.6 Å². The van der Waals surface area contributed by atoms with Gasteiger partial charge in [-0.05, 0) is 31.9 Å². The lowest BCUT2D eigenvalue weighted by Crippen LogP contribution is -2.15. The summed E-state index contributed by atoms with van der Waals surface area (Å²) in [6, 6.07) is 10.3. The molecule has 0 aliphatic rings. The van der Waals surface area contributed by atoms with E-state index in [1.54, 1.807) is 17.8 Å². The molecule has 0 saturated heterocycles. The van der Waals surface area contributed by atoms with Crippen molar-refractivity contribution in [3.8, 4) is 11.3 Å². The molecule has 5 nitrogen and oxygen atoms in total. The Hall–Kier alpha value is -2.47. The fourth-order valence-electron chi connectivity index (χ4n) is 2.82. The summed E-state index contributed by atoms with van der Waals surface area (Å²) in [6.07, 6.45) is 2.22. The Kier molecular flexibility index (Phi) is 4.99. The number of nitrogens with one attached hydrogen (secondary N) is 1.